The second-order valence-corrected chi connectivity index (χ2v) is 5.96. The van der Waals surface area contributed by atoms with Gasteiger partial charge >= 0.3 is 0 Å². The number of nitrogen functional groups attached to an aromatic ring is 1. The molecule has 0 saturated heterocycles. The number of rotatable bonds is 4. The number of aromatic nitrogens is 1. The molecule has 4 N–H and O–H groups in total. The Morgan fingerprint density at radius 2 is 2.40 bits per heavy atom. The zero-order valence-corrected chi connectivity index (χ0v) is 11.9. The van der Waals surface area contributed by atoms with E-state index in [1.807, 2.05) is 0 Å². The van der Waals surface area contributed by atoms with Gasteiger partial charge in [0, 0.05) is 12.2 Å². The summed E-state index contributed by atoms with van der Waals surface area (Å²) in [5.41, 5.74) is 6.06. The Morgan fingerprint density at radius 3 is 3.05 bits per heavy atom. The molecule has 0 radical (unpaired) electrons. The number of nitrogens with one attached hydrogen (secondary N) is 1. The van der Waals surface area contributed by atoms with E-state index in [1.165, 1.54) is 0 Å². The van der Waals surface area contributed by atoms with Crippen molar-refractivity contribution in [1.82, 2.24) is 10.3 Å². The first-order chi connectivity index (χ1) is 9.47. The fourth-order valence-electron chi connectivity index (χ4n) is 2.82. The number of nitrogens with zero attached hydrogens (tertiary/aromatic N) is 1. The molecule has 110 valence electrons. The molecular formula is C15H23N3O2. The molecular weight excluding hydrogens is 254 g/mol. The number of hydrogen-bond acceptors (Lipinski definition) is 4. The number of hydrogen-bond donors (Lipinski definition) is 3. The normalized spacial score (nSPS) is 26.2. The van der Waals surface area contributed by atoms with Crippen molar-refractivity contribution in [3.05, 3.63) is 24.0 Å². The van der Waals surface area contributed by atoms with Crippen molar-refractivity contribution in [2.45, 2.75) is 44.6 Å². The first kappa shape index (κ1) is 14.8. The van der Waals surface area contributed by atoms with Crippen LogP contribution in [0.4, 0.5) is 5.69 Å². The van der Waals surface area contributed by atoms with Crippen LogP contribution < -0.4 is 11.1 Å². The molecule has 1 aromatic heterocycles. The van der Waals surface area contributed by atoms with Crippen LogP contribution in [0.3, 0.4) is 0 Å². The summed E-state index contributed by atoms with van der Waals surface area (Å²) >= 11 is 0. The molecule has 20 heavy (non-hydrogen) atoms. The van der Waals surface area contributed by atoms with Crippen LogP contribution in [0.25, 0.3) is 0 Å². The smallest absolute Gasteiger partial charge is 0.226 e. The molecule has 0 aromatic carbocycles. The maximum Gasteiger partial charge on any atom is 0.226 e. The van der Waals surface area contributed by atoms with Crippen LogP contribution in [0.2, 0.25) is 0 Å². The van der Waals surface area contributed by atoms with Gasteiger partial charge in [-0.15, -0.1) is 0 Å². The molecule has 1 amide bonds. The lowest BCUT2D eigenvalue weighted by Crippen LogP contribution is -2.46. The summed E-state index contributed by atoms with van der Waals surface area (Å²) < 4.78 is 0. The lowest BCUT2D eigenvalue weighted by Gasteiger charge is -2.35. The number of nitrogens with two attached hydrogens (primary N) is 1. The van der Waals surface area contributed by atoms with Crippen molar-refractivity contribution in [2.75, 3.05) is 12.3 Å². The van der Waals surface area contributed by atoms with Gasteiger partial charge in [-0.05, 0) is 30.9 Å². The van der Waals surface area contributed by atoms with E-state index < -0.39 is 5.60 Å². The Morgan fingerprint density at radius 1 is 1.60 bits per heavy atom. The number of carbonyl (C=O) groups excluding carboxylic acids is 1. The second-order valence-electron chi connectivity index (χ2n) is 5.96. The first-order valence-corrected chi connectivity index (χ1v) is 7.16. The lowest BCUT2D eigenvalue weighted by molar-refractivity contribution is -0.122. The van der Waals surface area contributed by atoms with Crippen LogP contribution in [-0.2, 0) is 11.2 Å². The fourth-order valence-corrected chi connectivity index (χ4v) is 2.82. The van der Waals surface area contributed by atoms with Crippen molar-refractivity contribution in [2.24, 2.45) is 5.92 Å². The Bertz CT molecular complexity index is 461. The average Bonchev–Trinajstić information content (AvgIpc) is 2.39. The molecule has 1 aliphatic carbocycles. The van der Waals surface area contributed by atoms with E-state index in [1.54, 1.807) is 18.3 Å². The molecule has 1 heterocycles. The van der Waals surface area contributed by atoms with E-state index in [0.29, 0.717) is 23.8 Å². The highest BCUT2D eigenvalue weighted by Gasteiger charge is 2.32. The van der Waals surface area contributed by atoms with Gasteiger partial charge in [-0.3, -0.25) is 9.78 Å². The SMILES string of the molecule is CC1CCCC(O)(CNC(=O)Cc2ccc(N)cn2)C1. The maximum absolute atomic E-state index is 11.9. The number of amides is 1. The maximum atomic E-state index is 11.9. The molecule has 0 bridgehead atoms. The zero-order chi connectivity index (χ0) is 14.6. The summed E-state index contributed by atoms with van der Waals surface area (Å²) in [7, 11) is 0. The molecule has 1 fully saturated rings. The van der Waals surface area contributed by atoms with Gasteiger partial charge in [-0.1, -0.05) is 19.8 Å². The van der Waals surface area contributed by atoms with Gasteiger partial charge in [0.1, 0.15) is 0 Å². The fraction of sp³-hybridized carbons (Fsp3) is 0.600. The minimum absolute atomic E-state index is 0.117. The molecule has 2 unspecified atom stereocenters. The summed E-state index contributed by atoms with van der Waals surface area (Å²) in [5.74, 6) is 0.401. The summed E-state index contributed by atoms with van der Waals surface area (Å²) in [6.45, 7) is 2.47. The predicted octanol–water partition coefficient (Wildman–Crippen LogP) is 1.26. The Kier molecular flexibility index (Phi) is 4.60. The summed E-state index contributed by atoms with van der Waals surface area (Å²) in [4.78, 5) is 16.0. The largest absolute Gasteiger partial charge is 0.397 e. The molecule has 1 saturated carbocycles. The van der Waals surface area contributed by atoms with Gasteiger partial charge in [-0.25, -0.2) is 0 Å². The van der Waals surface area contributed by atoms with Crippen molar-refractivity contribution >= 4 is 11.6 Å². The summed E-state index contributed by atoms with van der Waals surface area (Å²) in [5, 5.41) is 13.3. The Hall–Kier alpha value is -1.62. The first-order valence-electron chi connectivity index (χ1n) is 7.16. The highest BCUT2D eigenvalue weighted by atomic mass is 16.3. The standard InChI is InChI=1S/C15H23N3O2/c1-11-3-2-6-15(20,8-11)10-18-14(19)7-13-5-4-12(16)9-17-13/h4-5,9,11,20H,2-3,6-8,10,16H2,1H3,(H,18,19). The van der Waals surface area contributed by atoms with Gasteiger partial charge in [0.25, 0.3) is 0 Å². The molecule has 2 rings (SSSR count). The van der Waals surface area contributed by atoms with E-state index >= 15 is 0 Å². The predicted molar refractivity (Wildman–Crippen MR) is 77.9 cm³/mol. The van der Waals surface area contributed by atoms with Crippen molar-refractivity contribution in [3.8, 4) is 0 Å². The third-order valence-electron chi connectivity index (χ3n) is 3.87. The molecule has 1 aromatic rings. The van der Waals surface area contributed by atoms with E-state index in [9.17, 15) is 9.90 Å². The van der Waals surface area contributed by atoms with E-state index in [0.717, 1.165) is 25.7 Å². The highest BCUT2D eigenvalue weighted by Crippen LogP contribution is 2.31. The van der Waals surface area contributed by atoms with Crippen LogP contribution in [0, 0.1) is 5.92 Å². The van der Waals surface area contributed by atoms with Crippen LogP contribution >= 0.6 is 0 Å². The molecule has 0 aliphatic heterocycles. The molecule has 5 nitrogen and oxygen atoms in total. The Balaban J connectivity index is 1.81. The number of carbonyl (C=O) groups is 1. The minimum atomic E-state index is -0.748. The Labute approximate surface area is 119 Å². The van der Waals surface area contributed by atoms with E-state index in [2.05, 4.69) is 17.2 Å². The summed E-state index contributed by atoms with van der Waals surface area (Å²) in [6, 6.07) is 3.47. The molecule has 2 atom stereocenters. The monoisotopic (exact) mass is 277 g/mol. The van der Waals surface area contributed by atoms with Gasteiger partial charge in [0.2, 0.25) is 5.91 Å². The van der Waals surface area contributed by atoms with Gasteiger partial charge in [0.15, 0.2) is 0 Å². The number of aliphatic hydroxyl groups is 1. The minimum Gasteiger partial charge on any atom is -0.397 e. The number of pyridine rings is 1. The number of anilines is 1. The van der Waals surface area contributed by atoms with Gasteiger partial charge in [-0.2, -0.15) is 0 Å². The van der Waals surface area contributed by atoms with E-state index in [-0.39, 0.29) is 12.3 Å². The lowest BCUT2D eigenvalue weighted by atomic mass is 9.79. The second kappa shape index (κ2) is 6.22. The van der Waals surface area contributed by atoms with Gasteiger partial charge in [0.05, 0.1) is 23.9 Å². The highest BCUT2D eigenvalue weighted by molar-refractivity contribution is 5.78. The van der Waals surface area contributed by atoms with Crippen molar-refractivity contribution in [3.63, 3.8) is 0 Å². The van der Waals surface area contributed by atoms with Gasteiger partial charge < -0.3 is 16.2 Å². The molecule has 0 spiro atoms. The van der Waals surface area contributed by atoms with Crippen molar-refractivity contribution in [1.29, 1.82) is 0 Å². The van der Waals surface area contributed by atoms with Crippen LogP contribution in [0.1, 0.15) is 38.3 Å². The summed E-state index contributed by atoms with van der Waals surface area (Å²) in [6.07, 6.45) is 5.45. The van der Waals surface area contributed by atoms with E-state index in [4.69, 9.17) is 5.73 Å². The third-order valence-corrected chi connectivity index (χ3v) is 3.87. The zero-order valence-electron chi connectivity index (χ0n) is 11.9. The molecule has 5 heteroatoms. The quantitative estimate of drug-likeness (QED) is 0.773. The third kappa shape index (κ3) is 4.20. The van der Waals surface area contributed by atoms with Crippen LogP contribution in [0.15, 0.2) is 18.3 Å². The van der Waals surface area contributed by atoms with Crippen LogP contribution in [-0.4, -0.2) is 28.1 Å². The van der Waals surface area contributed by atoms with Crippen LogP contribution in [0.5, 0.6) is 0 Å². The average molecular weight is 277 g/mol. The topological polar surface area (TPSA) is 88.2 Å². The van der Waals surface area contributed by atoms with Crippen molar-refractivity contribution < 1.29 is 9.90 Å². The molecule has 1 aliphatic rings.